The van der Waals surface area contributed by atoms with E-state index < -0.39 is 23.7 Å². The van der Waals surface area contributed by atoms with Crippen LogP contribution in [-0.4, -0.2) is 29.6 Å². The monoisotopic (exact) mass is 403 g/mol. The lowest BCUT2D eigenvalue weighted by molar-refractivity contribution is -0.128. The standard InChI is InChI=1S/C19H18FN3O4S/c1-11(27-15-5-3-2-4-13(15)20)18(25)22-23-19(26)12-6-7-16-14(10-12)21-17(24)8-9-28-16/h2-7,10-11H,8-9H2,1H3,(H,21,24)(H,22,25)(H,23,26). The van der Waals surface area contributed by atoms with Gasteiger partial charge in [0.2, 0.25) is 5.91 Å². The molecule has 0 aromatic heterocycles. The second-order valence-corrected chi connectivity index (χ2v) is 7.13. The number of rotatable bonds is 4. The lowest BCUT2D eigenvalue weighted by atomic mass is 10.2. The van der Waals surface area contributed by atoms with Gasteiger partial charge in [0.15, 0.2) is 17.7 Å². The molecule has 28 heavy (non-hydrogen) atoms. The average Bonchev–Trinajstić information content (AvgIpc) is 2.87. The summed E-state index contributed by atoms with van der Waals surface area (Å²) in [5, 5.41) is 2.75. The Hall–Kier alpha value is -3.07. The van der Waals surface area contributed by atoms with Gasteiger partial charge in [-0.25, -0.2) is 4.39 Å². The van der Waals surface area contributed by atoms with Crippen LogP contribution in [0.15, 0.2) is 47.4 Å². The van der Waals surface area contributed by atoms with E-state index in [1.165, 1.54) is 36.9 Å². The molecule has 1 aliphatic rings. The number of amides is 3. The molecule has 9 heteroatoms. The predicted molar refractivity (Wildman–Crippen MR) is 103 cm³/mol. The Balaban J connectivity index is 1.58. The zero-order chi connectivity index (χ0) is 20.1. The van der Waals surface area contributed by atoms with Crippen molar-refractivity contribution in [2.24, 2.45) is 0 Å². The highest BCUT2D eigenvalue weighted by Gasteiger charge is 2.19. The molecule has 2 aromatic carbocycles. The number of hydrazine groups is 1. The lowest BCUT2D eigenvalue weighted by Crippen LogP contribution is -2.47. The fraction of sp³-hybridized carbons (Fsp3) is 0.211. The Bertz CT molecular complexity index is 922. The molecular formula is C19H18FN3O4S. The molecular weight excluding hydrogens is 385 g/mol. The topological polar surface area (TPSA) is 96.5 Å². The maximum Gasteiger partial charge on any atom is 0.279 e. The second kappa shape index (κ2) is 8.75. The summed E-state index contributed by atoms with van der Waals surface area (Å²) in [6.45, 7) is 1.43. The number of hydrogen-bond donors (Lipinski definition) is 3. The average molecular weight is 403 g/mol. The van der Waals surface area contributed by atoms with Crippen molar-refractivity contribution in [3.8, 4) is 5.75 Å². The molecule has 1 atom stereocenters. The Labute approximate surface area is 165 Å². The molecule has 3 rings (SSSR count). The first kappa shape index (κ1) is 19.7. The molecule has 0 saturated carbocycles. The molecule has 1 aliphatic heterocycles. The number of halogens is 1. The van der Waals surface area contributed by atoms with Crippen molar-refractivity contribution in [3.05, 3.63) is 53.8 Å². The largest absolute Gasteiger partial charge is 0.478 e. The van der Waals surface area contributed by atoms with Crippen LogP contribution in [0.4, 0.5) is 10.1 Å². The summed E-state index contributed by atoms with van der Waals surface area (Å²) in [7, 11) is 0. The number of nitrogens with one attached hydrogen (secondary N) is 3. The van der Waals surface area contributed by atoms with E-state index in [-0.39, 0.29) is 17.2 Å². The van der Waals surface area contributed by atoms with Crippen molar-refractivity contribution in [2.75, 3.05) is 11.1 Å². The van der Waals surface area contributed by atoms with Crippen LogP contribution in [0.1, 0.15) is 23.7 Å². The summed E-state index contributed by atoms with van der Waals surface area (Å²) in [6, 6.07) is 10.6. The second-order valence-electron chi connectivity index (χ2n) is 5.99. The van der Waals surface area contributed by atoms with Crippen molar-refractivity contribution in [3.63, 3.8) is 0 Å². The van der Waals surface area contributed by atoms with Crippen LogP contribution in [-0.2, 0) is 9.59 Å². The van der Waals surface area contributed by atoms with Gasteiger partial charge >= 0.3 is 0 Å². The molecule has 7 nitrogen and oxygen atoms in total. The molecule has 1 unspecified atom stereocenters. The minimum Gasteiger partial charge on any atom is -0.478 e. The molecule has 0 bridgehead atoms. The number of hydrogen-bond acceptors (Lipinski definition) is 5. The van der Waals surface area contributed by atoms with Crippen LogP contribution in [0.5, 0.6) is 5.75 Å². The van der Waals surface area contributed by atoms with Gasteiger partial charge < -0.3 is 10.1 Å². The summed E-state index contributed by atoms with van der Waals surface area (Å²) in [5.74, 6) is -1.30. The zero-order valence-corrected chi connectivity index (χ0v) is 15.8. The van der Waals surface area contributed by atoms with Gasteiger partial charge in [-0.2, -0.15) is 0 Å². The fourth-order valence-electron chi connectivity index (χ4n) is 2.44. The van der Waals surface area contributed by atoms with E-state index in [0.717, 1.165) is 4.90 Å². The lowest BCUT2D eigenvalue weighted by Gasteiger charge is -2.16. The third-order valence-electron chi connectivity index (χ3n) is 3.91. The third-order valence-corrected chi connectivity index (χ3v) is 4.99. The fourth-order valence-corrected chi connectivity index (χ4v) is 3.37. The number of ether oxygens (including phenoxy) is 1. The van der Waals surface area contributed by atoms with E-state index in [2.05, 4.69) is 16.2 Å². The van der Waals surface area contributed by atoms with Crippen molar-refractivity contribution >= 4 is 35.2 Å². The molecule has 146 valence electrons. The van der Waals surface area contributed by atoms with Gasteiger partial charge in [-0.15, -0.1) is 11.8 Å². The molecule has 2 aromatic rings. The number of benzene rings is 2. The summed E-state index contributed by atoms with van der Waals surface area (Å²) < 4.78 is 18.8. The van der Waals surface area contributed by atoms with Gasteiger partial charge in [0.25, 0.3) is 11.8 Å². The van der Waals surface area contributed by atoms with E-state index in [1.807, 2.05) is 0 Å². The Morgan fingerprint density at radius 2 is 2.00 bits per heavy atom. The molecule has 1 heterocycles. The first-order chi connectivity index (χ1) is 13.4. The highest BCUT2D eigenvalue weighted by molar-refractivity contribution is 7.99. The van der Waals surface area contributed by atoms with E-state index in [0.29, 0.717) is 17.9 Å². The van der Waals surface area contributed by atoms with E-state index in [9.17, 15) is 18.8 Å². The van der Waals surface area contributed by atoms with Crippen LogP contribution in [0, 0.1) is 5.82 Å². The maximum absolute atomic E-state index is 13.6. The molecule has 3 amide bonds. The first-order valence-electron chi connectivity index (χ1n) is 8.52. The Morgan fingerprint density at radius 1 is 1.21 bits per heavy atom. The maximum atomic E-state index is 13.6. The van der Waals surface area contributed by atoms with Crippen molar-refractivity contribution in [2.45, 2.75) is 24.3 Å². The molecule has 0 fully saturated rings. The number of thioether (sulfide) groups is 1. The SMILES string of the molecule is CC(Oc1ccccc1F)C(=O)NNC(=O)c1ccc2c(c1)NC(=O)CCS2. The summed E-state index contributed by atoms with van der Waals surface area (Å²) in [5.41, 5.74) is 5.35. The first-order valence-corrected chi connectivity index (χ1v) is 9.50. The quantitative estimate of drug-likeness (QED) is 0.682. The minimum atomic E-state index is -1.03. The smallest absolute Gasteiger partial charge is 0.279 e. The van der Waals surface area contributed by atoms with Crippen molar-refractivity contribution in [1.29, 1.82) is 0 Å². The molecule has 3 N–H and O–H groups in total. The number of para-hydroxylation sites is 1. The van der Waals surface area contributed by atoms with Crippen molar-refractivity contribution in [1.82, 2.24) is 10.9 Å². The normalized spacial score (nSPS) is 14.1. The summed E-state index contributed by atoms with van der Waals surface area (Å²) >= 11 is 1.53. The van der Waals surface area contributed by atoms with Crippen molar-refractivity contribution < 1.29 is 23.5 Å². The third kappa shape index (κ3) is 4.80. The highest BCUT2D eigenvalue weighted by Crippen LogP contribution is 2.31. The van der Waals surface area contributed by atoms with Gasteiger partial charge in [0.1, 0.15) is 0 Å². The zero-order valence-electron chi connectivity index (χ0n) is 15.0. The number of carbonyl (C=O) groups excluding carboxylic acids is 3. The van der Waals surface area contributed by atoms with Crippen LogP contribution in [0.25, 0.3) is 0 Å². The van der Waals surface area contributed by atoms with E-state index in [4.69, 9.17) is 4.74 Å². The van der Waals surface area contributed by atoms with E-state index in [1.54, 1.807) is 24.3 Å². The number of anilines is 1. The molecule has 0 aliphatic carbocycles. The van der Waals surface area contributed by atoms with Gasteiger partial charge in [-0.1, -0.05) is 12.1 Å². The van der Waals surface area contributed by atoms with Gasteiger partial charge in [0, 0.05) is 22.6 Å². The van der Waals surface area contributed by atoms with E-state index >= 15 is 0 Å². The molecule has 0 saturated heterocycles. The van der Waals surface area contributed by atoms with Gasteiger partial charge in [-0.3, -0.25) is 25.2 Å². The number of carbonyl (C=O) groups is 3. The summed E-state index contributed by atoms with van der Waals surface area (Å²) in [6.07, 6.45) is -0.628. The van der Waals surface area contributed by atoms with Gasteiger partial charge in [-0.05, 0) is 37.3 Å². The molecule has 0 spiro atoms. The van der Waals surface area contributed by atoms with Crippen LogP contribution < -0.4 is 20.9 Å². The number of fused-ring (bicyclic) bond motifs is 1. The van der Waals surface area contributed by atoms with Gasteiger partial charge in [0.05, 0.1) is 5.69 Å². The van der Waals surface area contributed by atoms with Crippen LogP contribution in [0.3, 0.4) is 0 Å². The van der Waals surface area contributed by atoms with Crippen LogP contribution >= 0.6 is 11.8 Å². The highest BCUT2D eigenvalue weighted by atomic mass is 32.2. The van der Waals surface area contributed by atoms with Crippen LogP contribution in [0.2, 0.25) is 0 Å². The summed E-state index contributed by atoms with van der Waals surface area (Å²) in [4.78, 5) is 36.9. The predicted octanol–water partition coefficient (Wildman–Crippen LogP) is 2.49. The minimum absolute atomic E-state index is 0.0597. The Kier molecular flexibility index (Phi) is 6.15. The molecule has 0 radical (unpaired) electrons. The Morgan fingerprint density at radius 3 is 2.79 bits per heavy atom.